The van der Waals surface area contributed by atoms with E-state index in [4.69, 9.17) is 0 Å². The summed E-state index contributed by atoms with van der Waals surface area (Å²) in [6.07, 6.45) is 0.976. The molecule has 1 aromatic carbocycles. The molecule has 2 rings (SSSR count). The molecule has 1 aliphatic rings. The molecule has 1 heterocycles. The van der Waals surface area contributed by atoms with E-state index < -0.39 is 5.82 Å². The van der Waals surface area contributed by atoms with Crippen LogP contribution in [0.5, 0.6) is 0 Å². The van der Waals surface area contributed by atoms with Crippen LogP contribution in [0.4, 0.5) is 4.39 Å². The lowest BCUT2D eigenvalue weighted by molar-refractivity contribution is 0.0937. The number of rotatable bonds is 2. The molecule has 1 aromatic rings. The second-order valence-corrected chi connectivity index (χ2v) is 5.17. The van der Waals surface area contributed by atoms with E-state index in [1.807, 2.05) is 11.8 Å². The van der Waals surface area contributed by atoms with E-state index in [2.05, 4.69) is 5.32 Å². The molecule has 0 radical (unpaired) electrons. The lowest BCUT2D eigenvalue weighted by Crippen LogP contribution is -2.35. The summed E-state index contributed by atoms with van der Waals surface area (Å²) in [5, 5.41) is 2.86. The van der Waals surface area contributed by atoms with Crippen molar-refractivity contribution in [3.8, 4) is 0 Å². The molecule has 2 nitrogen and oxygen atoms in total. The lowest BCUT2D eigenvalue weighted by Gasteiger charge is -2.11. The zero-order chi connectivity index (χ0) is 11.5. The molecule has 0 aliphatic carbocycles. The van der Waals surface area contributed by atoms with Crippen LogP contribution >= 0.6 is 11.8 Å². The van der Waals surface area contributed by atoms with Gasteiger partial charge in [0.05, 0.1) is 5.56 Å². The van der Waals surface area contributed by atoms with Gasteiger partial charge in [-0.1, -0.05) is 6.07 Å². The first-order valence-corrected chi connectivity index (χ1v) is 6.47. The SMILES string of the molecule is Cc1ccc(C(=O)NC2CCSC2)c(F)c1. The van der Waals surface area contributed by atoms with Crippen LogP contribution in [0.3, 0.4) is 0 Å². The minimum absolute atomic E-state index is 0.141. The second-order valence-electron chi connectivity index (χ2n) is 4.02. The Morgan fingerprint density at radius 1 is 1.56 bits per heavy atom. The van der Waals surface area contributed by atoms with Crippen LogP contribution in [0.2, 0.25) is 0 Å². The average molecular weight is 239 g/mol. The van der Waals surface area contributed by atoms with Gasteiger partial charge in [0.15, 0.2) is 0 Å². The number of benzene rings is 1. The smallest absolute Gasteiger partial charge is 0.254 e. The summed E-state index contributed by atoms with van der Waals surface area (Å²) in [4.78, 5) is 11.8. The quantitative estimate of drug-likeness (QED) is 0.858. The minimum Gasteiger partial charge on any atom is -0.348 e. The zero-order valence-corrected chi connectivity index (χ0v) is 9.94. The first-order valence-electron chi connectivity index (χ1n) is 5.31. The summed E-state index contributed by atoms with van der Waals surface area (Å²) >= 11 is 1.82. The molecular formula is C12H14FNOS. The standard InChI is InChI=1S/C12H14FNOS/c1-8-2-3-10(11(13)6-8)12(15)14-9-4-5-16-7-9/h2-3,6,9H,4-5,7H2,1H3,(H,14,15). The van der Waals surface area contributed by atoms with E-state index in [-0.39, 0.29) is 17.5 Å². The third kappa shape index (κ3) is 2.55. The van der Waals surface area contributed by atoms with Crippen molar-refractivity contribution in [3.05, 3.63) is 35.1 Å². The van der Waals surface area contributed by atoms with Crippen molar-refractivity contribution in [3.63, 3.8) is 0 Å². The molecule has 0 saturated carbocycles. The predicted molar refractivity (Wildman–Crippen MR) is 64.3 cm³/mol. The molecule has 0 aromatic heterocycles. The number of thioether (sulfide) groups is 1. The first kappa shape index (κ1) is 11.5. The maximum absolute atomic E-state index is 13.5. The molecule has 1 saturated heterocycles. The van der Waals surface area contributed by atoms with E-state index in [1.54, 1.807) is 19.1 Å². The van der Waals surface area contributed by atoms with Crippen molar-refractivity contribution in [2.45, 2.75) is 19.4 Å². The number of nitrogens with one attached hydrogen (secondary N) is 1. The summed E-state index contributed by atoms with van der Waals surface area (Å²) in [7, 11) is 0. The van der Waals surface area contributed by atoms with E-state index in [0.29, 0.717) is 0 Å². The van der Waals surface area contributed by atoms with E-state index in [0.717, 1.165) is 23.5 Å². The van der Waals surface area contributed by atoms with Crippen LogP contribution in [-0.2, 0) is 0 Å². The summed E-state index contributed by atoms with van der Waals surface area (Å²) in [6.45, 7) is 1.80. The predicted octanol–water partition coefficient (Wildman–Crippen LogP) is 2.37. The Kier molecular flexibility index (Phi) is 3.49. The van der Waals surface area contributed by atoms with Crippen molar-refractivity contribution in [2.24, 2.45) is 0 Å². The fraction of sp³-hybridized carbons (Fsp3) is 0.417. The fourth-order valence-corrected chi connectivity index (χ4v) is 2.87. The Morgan fingerprint density at radius 2 is 2.38 bits per heavy atom. The minimum atomic E-state index is -0.442. The summed E-state index contributed by atoms with van der Waals surface area (Å²) < 4.78 is 13.5. The summed E-state index contributed by atoms with van der Waals surface area (Å²) in [5.41, 5.74) is 0.966. The van der Waals surface area contributed by atoms with Gasteiger partial charge in [-0.3, -0.25) is 4.79 Å². The number of carbonyl (C=O) groups excluding carboxylic acids is 1. The van der Waals surface area contributed by atoms with Gasteiger partial charge in [-0.05, 0) is 36.8 Å². The Balaban J connectivity index is 2.08. The van der Waals surface area contributed by atoms with Gasteiger partial charge in [0.1, 0.15) is 5.82 Å². The van der Waals surface area contributed by atoms with Crippen LogP contribution in [0.25, 0.3) is 0 Å². The van der Waals surface area contributed by atoms with Crippen molar-refractivity contribution < 1.29 is 9.18 Å². The van der Waals surface area contributed by atoms with Crippen molar-refractivity contribution in [1.29, 1.82) is 0 Å². The highest BCUT2D eigenvalue weighted by Gasteiger charge is 2.19. The zero-order valence-electron chi connectivity index (χ0n) is 9.13. The number of amides is 1. The molecule has 1 N–H and O–H groups in total. The number of halogens is 1. The summed E-state index contributed by atoms with van der Waals surface area (Å²) in [5.74, 6) is 1.26. The topological polar surface area (TPSA) is 29.1 Å². The third-order valence-corrected chi connectivity index (χ3v) is 3.80. The van der Waals surface area contributed by atoms with Gasteiger partial charge in [0, 0.05) is 11.8 Å². The largest absolute Gasteiger partial charge is 0.348 e. The fourth-order valence-electron chi connectivity index (χ4n) is 1.72. The van der Waals surface area contributed by atoms with Gasteiger partial charge < -0.3 is 5.32 Å². The second kappa shape index (κ2) is 4.87. The molecule has 1 atom stereocenters. The van der Waals surface area contributed by atoms with Crippen LogP contribution < -0.4 is 5.32 Å². The van der Waals surface area contributed by atoms with Crippen molar-refractivity contribution in [2.75, 3.05) is 11.5 Å². The molecule has 0 bridgehead atoms. The molecule has 1 fully saturated rings. The Labute approximate surface area is 98.6 Å². The van der Waals surface area contributed by atoms with E-state index in [1.165, 1.54) is 6.07 Å². The van der Waals surface area contributed by atoms with Gasteiger partial charge in [-0.15, -0.1) is 0 Å². The van der Waals surface area contributed by atoms with Gasteiger partial charge in [-0.2, -0.15) is 11.8 Å². The Hall–Kier alpha value is -1.03. The molecule has 1 unspecified atom stereocenters. The van der Waals surface area contributed by atoms with Gasteiger partial charge in [0.2, 0.25) is 0 Å². The van der Waals surface area contributed by atoms with Crippen molar-refractivity contribution >= 4 is 17.7 Å². The first-order chi connectivity index (χ1) is 7.66. The summed E-state index contributed by atoms with van der Waals surface area (Å²) in [6, 6.07) is 4.88. The van der Waals surface area contributed by atoms with E-state index in [9.17, 15) is 9.18 Å². The lowest BCUT2D eigenvalue weighted by atomic mass is 10.1. The molecule has 86 valence electrons. The third-order valence-electron chi connectivity index (χ3n) is 2.63. The normalized spacial score (nSPS) is 19.8. The van der Waals surface area contributed by atoms with Gasteiger partial charge >= 0.3 is 0 Å². The van der Waals surface area contributed by atoms with Gasteiger partial charge in [-0.25, -0.2) is 4.39 Å². The van der Waals surface area contributed by atoms with Crippen LogP contribution in [0, 0.1) is 12.7 Å². The number of carbonyl (C=O) groups is 1. The van der Waals surface area contributed by atoms with Gasteiger partial charge in [0.25, 0.3) is 5.91 Å². The molecule has 1 amide bonds. The Morgan fingerprint density at radius 3 is 3.00 bits per heavy atom. The average Bonchev–Trinajstić information content (AvgIpc) is 2.70. The maximum atomic E-state index is 13.5. The monoisotopic (exact) mass is 239 g/mol. The molecular weight excluding hydrogens is 225 g/mol. The van der Waals surface area contributed by atoms with Crippen LogP contribution in [0.15, 0.2) is 18.2 Å². The molecule has 4 heteroatoms. The molecule has 16 heavy (non-hydrogen) atoms. The number of aryl methyl sites for hydroxylation is 1. The van der Waals surface area contributed by atoms with Crippen LogP contribution in [0.1, 0.15) is 22.3 Å². The maximum Gasteiger partial charge on any atom is 0.254 e. The molecule has 1 aliphatic heterocycles. The van der Waals surface area contributed by atoms with E-state index >= 15 is 0 Å². The number of hydrogen-bond acceptors (Lipinski definition) is 2. The van der Waals surface area contributed by atoms with Crippen LogP contribution in [-0.4, -0.2) is 23.5 Å². The highest BCUT2D eigenvalue weighted by atomic mass is 32.2. The highest BCUT2D eigenvalue weighted by Crippen LogP contribution is 2.18. The Bertz CT molecular complexity index is 402. The van der Waals surface area contributed by atoms with Crippen molar-refractivity contribution in [1.82, 2.24) is 5.32 Å². The molecule has 0 spiro atoms. The number of hydrogen-bond donors (Lipinski definition) is 1. The highest BCUT2D eigenvalue weighted by molar-refractivity contribution is 7.99.